The predicted molar refractivity (Wildman–Crippen MR) is 93.0 cm³/mol. The maximum absolute atomic E-state index is 6.18. The Bertz CT molecular complexity index is 791. The van der Waals surface area contributed by atoms with Gasteiger partial charge in [0.2, 0.25) is 0 Å². The summed E-state index contributed by atoms with van der Waals surface area (Å²) in [6, 6.07) is 22.6. The first-order valence-corrected chi connectivity index (χ1v) is 7.29. The van der Waals surface area contributed by atoms with Crippen molar-refractivity contribution in [2.75, 3.05) is 12.8 Å². The van der Waals surface area contributed by atoms with Gasteiger partial charge in [0.1, 0.15) is 5.75 Å². The molecule has 0 aliphatic rings. The summed E-state index contributed by atoms with van der Waals surface area (Å²) in [5.41, 5.74) is 12.7. The Morgan fingerprint density at radius 1 is 0.773 bits per heavy atom. The Hall–Kier alpha value is -2.74. The maximum atomic E-state index is 6.18. The monoisotopic (exact) mass is 289 g/mol. The summed E-state index contributed by atoms with van der Waals surface area (Å²) >= 11 is 0. The number of nitrogens with two attached hydrogens (primary N) is 1. The van der Waals surface area contributed by atoms with E-state index in [1.54, 1.807) is 7.11 Å². The Labute approximate surface area is 131 Å². The van der Waals surface area contributed by atoms with Crippen LogP contribution in [0.15, 0.2) is 66.7 Å². The lowest BCUT2D eigenvalue weighted by molar-refractivity contribution is 0.415. The SMILES string of the molecule is COc1ccc(-c2ccc(C)cc2-c2ccccc2N)cc1. The second kappa shape index (κ2) is 5.94. The Morgan fingerprint density at radius 3 is 2.18 bits per heavy atom. The van der Waals surface area contributed by atoms with Crippen molar-refractivity contribution in [2.45, 2.75) is 6.92 Å². The zero-order valence-electron chi connectivity index (χ0n) is 12.8. The molecule has 0 atom stereocenters. The number of benzene rings is 3. The van der Waals surface area contributed by atoms with Gasteiger partial charge in [-0.1, -0.05) is 54.1 Å². The van der Waals surface area contributed by atoms with Crippen LogP contribution in [0, 0.1) is 6.92 Å². The molecular weight excluding hydrogens is 270 g/mol. The predicted octanol–water partition coefficient (Wildman–Crippen LogP) is 4.92. The minimum absolute atomic E-state index is 0.794. The first-order chi connectivity index (χ1) is 10.7. The molecule has 0 heterocycles. The van der Waals surface area contributed by atoms with Crippen LogP contribution in [0.3, 0.4) is 0 Å². The quantitative estimate of drug-likeness (QED) is 0.695. The molecule has 3 rings (SSSR count). The average molecular weight is 289 g/mol. The molecule has 0 radical (unpaired) electrons. The van der Waals surface area contributed by atoms with Gasteiger partial charge in [-0.3, -0.25) is 0 Å². The fraction of sp³-hybridized carbons (Fsp3) is 0.100. The zero-order chi connectivity index (χ0) is 15.5. The average Bonchev–Trinajstić information content (AvgIpc) is 2.55. The summed E-state index contributed by atoms with van der Waals surface area (Å²) in [7, 11) is 1.68. The lowest BCUT2D eigenvalue weighted by atomic mass is 9.92. The number of aryl methyl sites for hydroxylation is 1. The molecule has 3 aromatic rings. The number of anilines is 1. The van der Waals surface area contributed by atoms with E-state index in [1.807, 2.05) is 30.3 Å². The second-order valence-corrected chi connectivity index (χ2v) is 5.36. The highest BCUT2D eigenvalue weighted by Gasteiger charge is 2.10. The molecule has 0 aliphatic heterocycles. The second-order valence-electron chi connectivity index (χ2n) is 5.36. The molecule has 0 saturated heterocycles. The molecule has 110 valence electrons. The van der Waals surface area contributed by atoms with Crippen LogP contribution in [-0.4, -0.2) is 7.11 Å². The molecule has 22 heavy (non-hydrogen) atoms. The molecule has 2 nitrogen and oxygen atoms in total. The number of methoxy groups -OCH3 is 1. The van der Waals surface area contributed by atoms with E-state index in [4.69, 9.17) is 10.5 Å². The third-order valence-electron chi connectivity index (χ3n) is 3.83. The summed E-state index contributed by atoms with van der Waals surface area (Å²) in [5, 5.41) is 0. The minimum atomic E-state index is 0.794. The largest absolute Gasteiger partial charge is 0.497 e. The summed E-state index contributed by atoms with van der Waals surface area (Å²) in [5.74, 6) is 0.858. The van der Waals surface area contributed by atoms with Crippen LogP contribution in [0.1, 0.15) is 5.56 Å². The van der Waals surface area contributed by atoms with Gasteiger partial charge in [-0.25, -0.2) is 0 Å². The number of ether oxygens (including phenoxy) is 1. The number of para-hydroxylation sites is 1. The topological polar surface area (TPSA) is 35.2 Å². The fourth-order valence-corrected chi connectivity index (χ4v) is 2.65. The van der Waals surface area contributed by atoms with Crippen molar-refractivity contribution in [1.29, 1.82) is 0 Å². The molecule has 0 aliphatic carbocycles. The van der Waals surface area contributed by atoms with E-state index < -0.39 is 0 Å². The normalized spacial score (nSPS) is 10.5. The third-order valence-corrected chi connectivity index (χ3v) is 3.83. The highest BCUT2D eigenvalue weighted by atomic mass is 16.5. The number of hydrogen-bond acceptors (Lipinski definition) is 2. The van der Waals surface area contributed by atoms with Crippen LogP contribution >= 0.6 is 0 Å². The molecule has 0 fully saturated rings. The smallest absolute Gasteiger partial charge is 0.118 e. The highest BCUT2D eigenvalue weighted by molar-refractivity contribution is 5.89. The first kappa shape index (κ1) is 14.2. The molecule has 0 amide bonds. The van der Waals surface area contributed by atoms with E-state index in [2.05, 4.69) is 43.3 Å². The van der Waals surface area contributed by atoms with Gasteiger partial charge in [0.15, 0.2) is 0 Å². The summed E-state index contributed by atoms with van der Waals surface area (Å²) in [6.07, 6.45) is 0. The molecule has 2 heteroatoms. The van der Waals surface area contributed by atoms with Crippen molar-refractivity contribution in [1.82, 2.24) is 0 Å². The Morgan fingerprint density at radius 2 is 1.50 bits per heavy atom. The molecule has 0 spiro atoms. The molecule has 0 aromatic heterocycles. The molecule has 2 N–H and O–H groups in total. The van der Waals surface area contributed by atoms with Crippen LogP contribution in [-0.2, 0) is 0 Å². The van der Waals surface area contributed by atoms with Gasteiger partial charge in [-0.15, -0.1) is 0 Å². The van der Waals surface area contributed by atoms with Crippen LogP contribution in [0.5, 0.6) is 5.75 Å². The van der Waals surface area contributed by atoms with E-state index in [0.29, 0.717) is 0 Å². The van der Waals surface area contributed by atoms with Gasteiger partial charge in [0.25, 0.3) is 0 Å². The number of nitrogen functional groups attached to an aromatic ring is 1. The van der Waals surface area contributed by atoms with Crippen molar-refractivity contribution >= 4 is 5.69 Å². The summed E-state index contributed by atoms with van der Waals surface area (Å²) < 4.78 is 5.24. The van der Waals surface area contributed by atoms with E-state index in [9.17, 15) is 0 Å². The van der Waals surface area contributed by atoms with Crippen molar-refractivity contribution in [3.8, 4) is 28.0 Å². The van der Waals surface area contributed by atoms with E-state index in [0.717, 1.165) is 28.1 Å². The van der Waals surface area contributed by atoms with Gasteiger partial charge in [-0.2, -0.15) is 0 Å². The number of rotatable bonds is 3. The van der Waals surface area contributed by atoms with Crippen LogP contribution < -0.4 is 10.5 Å². The molecule has 0 bridgehead atoms. The van der Waals surface area contributed by atoms with Gasteiger partial charge in [0, 0.05) is 11.3 Å². The standard InChI is InChI=1S/C20H19NO/c1-14-7-12-17(15-8-10-16(22-2)11-9-15)19(13-14)18-5-3-4-6-20(18)21/h3-13H,21H2,1-2H3. The van der Waals surface area contributed by atoms with Crippen LogP contribution in [0.2, 0.25) is 0 Å². The van der Waals surface area contributed by atoms with Gasteiger partial charge in [0.05, 0.1) is 7.11 Å². The minimum Gasteiger partial charge on any atom is -0.497 e. The molecule has 3 aromatic carbocycles. The third kappa shape index (κ3) is 2.68. The summed E-state index contributed by atoms with van der Waals surface area (Å²) in [4.78, 5) is 0. The summed E-state index contributed by atoms with van der Waals surface area (Å²) in [6.45, 7) is 2.10. The van der Waals surface area contributed by atoms with E-state index in [1.165, 1.54) is 11.1 Å². The number of hydrogen-bond donors (Lipinski definition) is 1. The van der Waals surface area contributed by atoms with E-state index >= 15 is 0 Å². The van der Waals surface area contributed by atoms with Crippen molar-refractivity contribution in [2.24, 2.45) is 0 Å². The molecule has 0 saturated carbocycles. The lowest BCUT2D eigenvalue weighted by Crippen LogP contribution is -1.92. The zero-order valence-corrected chi connectivity index (χ0v) is 12.8. The van der Waals surface area contributed by atoms with Gasteiger partial charge in [-0.05, 0) is 41.8 Å². The fourth-order valence-electron chi connectivity index (χ4n) is 2.65. The van der Waals surface area contributed by atoms with Crippen molar-refractivity contribution in [3.63, 3.8) is 0 Å². The van der Waals surface area contributed by atoms with Crippen LogP contribution in [0.25, 0.3) is 22.3 Å². The maximum Gasteiger partial charge on any atom is 0.118 e. The molecule has 0 unspecified atom stereocenters. The highest BCUT2D eigenvalue weighted by Crippen LogP contribution is 2.36. The first-order valence-electron chi connectivity index (χ1n) is 7.29. The van der Waals surface area contributed by atoms with Gasteiger partial charge >= 0.3 is 0 Å². The Balaban J connectivity index is 2.18. The van der Waals surface area contributed by atoms with E-state index in [-0.39, 0.29) is 0 Å². The lowest BCUT2D eigenvalue weighted by Gasteiger charge is -2.13. The Kier molecular flexibility index (Phi) is 3.84. The van der Waals surface area contributed by atoms with Crippen molar-refractivity contribution < 1.29 is 4.74 Å². The van der Waals surface area contributed by atoms with Gasteiger partial charge < -0.3 is 10.5 Å². The molecular formula is C20H19NO. The van der Waals surface area contributed by atoms with Crippen LogP contribution in [0.4, 0.5) is 5.69 Å². The van der Waals surface area contributed by atoms with Crippen molar-refractivity contribution in [3.05, 3.63) is 72.3 Å².